The average molecular weight is 254 g/mol. The molecule has 19 heavy (non-hydrogen) atoms. The standard InChI is InChI=1S/C14H14N4O/c15-5-6-16-14-17-7-10(8-18-14)12-9-19-13-4-2-1-3-11(12)13/h1-4,7-9H,5-6,15H2,(H,16,17,18). The molecular formula is C14H14N4O. The average Bonchev–Trinajstić information content (AvgIpc) is 2.90. The van der Waals surface area contributed by atoms with Crippen LogP contribution in [0.25, 0.3) is 22.1 Å². The Labute approximate surface area is 110 Å². The van der Waals surface area contributed by atoms with Gasteiger partial charge in [0.15, 0.2) is 0 Å². The minimum absolute atomic E-state index is 0.553. The summed E-state index contributed by atoms with van der Waals surface area (Å²) in [5, 5.41) is 4.10. The zero-order valence-corrected chi connectivity index (χ0v) is 10.3. The topological polar surface area (TPSA) is 77.0 Å². The van der Waals surface area contributed by atoms with Crippen molar-refractivity contribution in [2.75, 3.05) is 18.4 Å². The monoisotopic (exact) mass is 254 g/mol. The fourth-order valence-electron chi connectivity index (χ4n) is 1.94. The van der Waals surface area contributed by atoms with E-state index in [9.17, 15) is 0 Å². The van der Waals surface area contributed by atoms with E-state index in [1.807, 2.05) is 24.3 Å². The summed E-state index contributed by atoms with van der Waals surface area (Å²) in [6, 6.07) is 7.90. The van der Waals surface area contributed by atoms with Gasteiger partial charge in [-0.25, -0.2) is 9.97 Å². The van der Waals surface area contributed by atoms with Crippen molar-refractivity contribution in [2.45, 2.75) is 0 Å². The van der Waals surface area contributed by atoms with Crippen LogP contribution >= 0.6 is 0 Å². The Balaban J connectivity index is 1.93. The minimum atomic E-state index is 0.553. The lowest BCUT2D eigenvalue weighted by atomic mass is 10.1. The molecule has 2 heterocycles. The number of furan rings is 1. The molecule has 96 valence electrons. The first kappa shape index (κ1) is 11.7. The van der Waals surface area contributed by atoms with Gasteiger partial charge in [0.1, 0.15) is 5.58 Å². The molecule has 0 saturated carbocycles. The second-order valence-corrected chi connectivity index (χ2v) is 4.16. The first-order chi connectivity index (χ1) is 9.38. The minimum Gasteiger partial charge on any atom is -0.464 e. The highest BCUT2D eigenvalue weighted by molar-refractivity contribution is 5.93. The molecule has 0 amide bonds. The van der Waals surface area contributed by atoms with Gasteiger partial charge in [-0.15, -0.1) is 0 Å². The van der Waals surface area contributed by atoms with Crippen molar-refractivity contribution in [3.8, 4) is 11.1 Å². The van der Waals surface area contributed by atoms with Gasteiger partial charge in [-0.3, -0.25) is 0 Å². The molecule has 3 rings (SSSR count). The maximum absolute atomic E-state index is 5.51. The zero-order chi connectivity index (χ0) is 13.1. The number of aromatic nitrogens is 2. The molecule has 1 aromatic carbocycles. The SMILES string of the molecule is NCCNc1ncc(-c2coc3ccccc23)cn1. The number of nitrogens with two attached hydrogens (primary N) is 1. The summed E-state index contributed by atoms with van der Waals surface area (Å²) in [4.78, 5) is 8.52. The van der Waals surface area contributed by atoms with E-state index in [4.69, 9.17) is 10.2 Å². The lowest BCUT2D eigenvalue weighted by Gasteiger charge is -2.03. The normalized spacial score (nSPS) is 10.8. The molecule has 0 aliphatic rings. The summed E-state index contributed by atoms with van der Waals surface area (Å²) < 4.78 is 5.51. The second-order valence-electron chi connectivity index (χ2n) is 4.16. The predicted octanol–water partition coefficient (Wildman–Crippen LogP) is 2.26. The van der Waals surface area contributed by atoms with E-state index in [1.165, 1.54) is 0 Å². The number of benzene rings is 1. The number of rotatable bonds is 4. The van der Waals surface area contributed by atoms with E-state index >= 15 is 0 Å². The summed E-state index contributed by atoms with van der Waals surface area (Å²) >= 11 is 0. The number of nitrogens with one attached hydrogen (secondary N) is 1. The van der Waals surface area contributed by atoms with Crippen LogP contribution in [0.5, 0.6) is 0 Å². The zero-order valence-electron chi connectivity index (χ0n) is 10.3. The Morgan fingerprint density at radius 2 is 1.95 bits per heavy atom. The Morgan fingerprint density at radius 3 is 2.74 bits per heavy atom. The van der Waals surface area contributed by atoms with Crippen LogP contribution in [0.2, 0.25) is 0 Å². The fraction of sp³-hybridized carbons (Fsp3) is 0.143. The van der Waals surface area contributed by atoms with Crippen molar-refractivity contribution in [3.05, 3.63) is 42.9 Å². The first-order valence-electron chi connectivity index (χ1n) is 6.11. The first-order valence-corrected chi connectivity index (χ1v) is 6.11. The molecular weight excluding hydrogens is 240 g/mol. The number of nitrogens with zero attached hydrogens (tertiary/aromatic N) is 2. The third-order valence-electron chi connectivity index (χ3n) is 2.87. The van der Waals surface area contributed by atoms with E-state index in [0.29, 0.717) is 19.0 Å². The number of anilines is 1. The molecule has 0 saturated heterocycles. The van der Waals surface area contributed by atoms with Gasteiger partial charge in [-0.2, -0.15) is 0 Å². The maximum atomic E-state index is 5.51. The Hall–Kier alpha value is -2.40. The van der Waals surface area contributed by atoms with Crippen LogP contribution in [0.3, 0.4) is 0 Å². The Morgan fingerprint density at radius 1 is 1.16 bits per heavy atom. The summed E-state index contributed by atoms with van der Waals surface area (Å²) in [7, 11) is 0. The maximum Gasteiger partial charge on any atom is 0.222 e. The van der Waals surface area contributed by atoms with Gasteiger partial charge in [0.25, 0.3) is 0 Å². The van der Waals surface area contributed by atoms with Crippen molar-refractivity contribution < 1.29 is 4.42 Å². The summed E-state index contributed by atoms with van der Waals surface area (Å²) in [6.45, 7) is 1.21. The van der Waals surface area contributed by atoms with E-state index in [2.05, 4.69) is 15.3 Å². The predicted molar refractivity (Wildman–Crippen MR) is 74.8 cm³/mol. The highest BCUT2D eigenvalue weighted by Crippen LogP contribution is 2.29. The lowest BCUT2D eigenvalue weighted by Crippen LogP contribution is -2.14. The Bertz CT molecular complexity index is 675. The van der Waals surface area contributed by atoms with Crippen molar-refractivity contribution in [1.29, 1.82) is 0 Å². The van der Waals surface area contributed by atoms with Crippen LogP contribution in [0.15, 0.2) is 47.3 Å². The van der Waals surface area contributed by atoms with Crippen molar-refractivity contribution in [1.82, 2.24) is 9.97 Å². The fourth-order valence-corrected chi connectivity index (χ4v) is 1.94. The van der Waals surface area contributed by atoms with E-state index in [0.717, 1.165) is 22.1 Å². The number of hydrogen-bond donors (Lipinski definition) is 2. The van der Waals surface area contributed by atoms with Crippen LogP contribution in [0.1, 0.15) is 0 Å². The molecule has 5 heteroatoms. The highest BCUT2D eigenvalue weighted by Gasteiger charge is 2.08. The molecule has 0 unspecified atom stereocenters. The molecule has 3 N–H and O–H groups in total. The van der Waals surface area contributed by atoms with Crippen molar-refractivity contribution >= 4 is 16.9 Å². The molecule has 0 aliphatic carbocycles. The second kappa shape index (κ2) is 5.07. The third kappa shape index (κ3) is 2.28. The summed E-state index contributed by atoms with van der Waals surface area (Å²) in [5.74, 6) is 0.585. The summed E-state index contributed by atoms with van der Waals surface area (Å²) in [5.41, 5.74) is 8.21. The van der Waals surface area contributed by atoms with Gasteiger partial charge >= 0.3 is 0 Å². The van der Waals surface area contributed by atoms with Crippen LogP contribution in [-0.4, -0.2) is 23.1 Å². The van der Waals surface area contributed by atoms with Gasteiger partial charge in [0.05, 0.1) is 6.26 Å². The van der Waals surface area contributed by atoms with E-state index < -0.39 is 0 Å². The molecule has 0 fully saturated rings. The van der Waals surface area contributed by atoms with Crippen molar-refractivity contribution in [2.24, 2.45) is 5.73 Å². The smallest absolute Gasteiger partial charge is 0.222 e. The molecule has 2 aromatic heterocycles. The van der Waals surface area contributed by atoms with Gasteiger partial charge < -0.3 is 15.5 Å². The quantitative estimate of drug-likeness (QED) is 0.746. The lowest BCUT2D eigenvalue weighted by molar-refractivity contribution is 0.617. The van der Waals surface area contributed by atoms with E-state index in [1.54, 1.807) is 18.7 Å². The number of hydrogen-bond acceptors (Lipinski definition) is 5. The molecule has 3 aromatic rings. The van der Waals surface area contributed by atoms with E-state index in [-0.39, 0.29) is 0 Å². The van der Waals surface area contributed by atoms with Gasteiger partial charge in [0.2, 0.25) is 5.95 Å². The third-order valence-corrected chi connectivity index (χ3v) is 2.87. The number of fused-ring (bicyclic) bond motifs is 1. The summed E-state index contributed by atoms with van der Waals surface area (Å²) in [6.07, 6.45) is 5.29. The highest BCUT2D eigenvalue weighted by atomic mass is 16.3. The molecule has 5 nitrogen and oxygen atoms in total. The van der Waals surface area contributed by atoms with Gasteiger partial charge in [-0.05, 0) is 6.07 Å². The van der Waals surface area contributed by atoms with Crippen LogP contribution < -0.4 is 11.1 Å². The van der Waals surface area contributed by atoms with Crippen LogP contribution in [-0.2, 0) is 0 Å². The molecule has 0 spiro atoms. The van der Waals surface area contributed by atoms with Crippen LogP contribution in [0, 0.1) is 0 Å². The largest absolute Gasteiger partial charge is 0.464 e. The van der Waals surface area contributed by atoms with Gasteiger partial charge in [0, 0.05) is 42.0 Å². The van der Waals surface area contributed by atoms with Gasteiger partial charge in [-0.1, -0.05) is 18.2 Å². The molecule has 0 radical (unpaired) electrons. The number of para-hydroxylation sites is 1. The Kier molecular flexibility index (Phi) is 3.12. The molecule has 0 bridgehead atoms. The van der Waals surface area contributed by atoms with Crippen molar-refractivity contribution in [3.63, 3.8) is 0 Å². The van der Waals surface area contributed by atoms with Crippen LogP contribution in [0.4, 0.5) is 5.95 Å². The molecule has 0 aliphatic heterocycles. The molecule has 0 atom stereocenters.